The Morgan fingerprint density at radius 3 is 2.44 bits per heavy atom. The van der Waals surface area contributed by atoms with E-state index in [0.717, 1.165) is 25.4 Å². The van der Waals surface area contributed by atoms with E-state index in [1.807, 2.05) is 0 Å². The second-order valence-electron chi connectivity index (χ2n) is 6.98. The molecule has 1 aliphatic heterocycles. The highest BCUT2D eigenvalue weighted by molar-refractivity contribution is 5.23. The van der Waals surface area contributed by atoms with Gasteiger partial charge in [-0.15, -0.1) is 0 Å². The van der Waals surface area contributed by atoms with Crippen molar-refractivity contribution < 1.29 is 19.1 Å². The lowest BCUT2D eigenvalue weighted by molar-refractivity contribution is -0.909. The molecule has 2 aromatic rings. The zero-order valence-electron chi connectivity index (χ0n) is 14.5. The number of halogens is 1. The summed E-state index contributed by atoms with van der Waals surface area (Å²) in [5.74, 6) is 0.555. The fourth-order valence-corrected chi connectivity index (χ4v) is 3.58. The number of hydrogen-bond donors (Lipinski definition) is 2. The van der Waals surface area contributed by atoms with Gasteiger partial charge in [-0.05, 0) is 42.9 Å². The van der Waals surface area contributed by atoms with Gasteiger partial charge in [-0.3, -0.25) is 0 Å². The maximum Gasteiger partial charge on any atom is 0.165 e. The van der Waals surface area contributed by atoms with Crippen LogP contribution in [0.5, 0.6) is 5.75 Å². The van der Waals surface area contributed by atoms with Gasteiger partial charge in [-0.1, -0.05) is 42.5 Å². The van der Waals surface area contributed by atoms with E-state index in [1.54, 1.807) is 18.2 Å². The Morgan fingerprint density at radius 1 is 1.04 bits per heavy atom. The second-order valence-corrected chi connectivity index (χ2v) is 6.98. The average molecular weight is 344 g/mol. The number of aliphatic hydroxyl groups is 1. The maximum absolute atomic E-state index is 13.5. The van der Waals surface area contributed by atoms with Gasteiger partial charge in [0.15, 0.2) is 11.6 Å². The third-order valence-corrected chi connectivity index (χ3v) is 4.97. The predicted octanol–water partition coefficient (Wildman–Crippen LogP) is 2.10. The van der Waals surface area contributed by atoms with Crippen molar-refractivity contribution in [1.29, 1.82) is 0 Å². The summed E-state index contributed by atoms with van der Waals surface area (Å²) < 4.78 is 18.9. The van der Waals surface area contributed by atoms with Crippen LogP contribution < -0.4 is 9.64 Å². The molecule has 25 heavy (non-hydrogen) atoms. The second kappa shape index (κ2) is 8.97. The molecule has 2 N–H and O–H groups in total. The largest absolute Gasteiger partial charge is 0.488 e. The molecule has 3 rings (SSSR count). The van der Waals surface area contributed by atoms with E-state index in [1.165, 1.54) is 29.4 Å². The molecular formula is C21H27FNO2+. The number of rotatable bonds is 7. The molecule has 0 aliphatic carbocycles. The molecule has 0 unspecified atom stereocenters. The fourth-order valence-electron chi connectivity index (χ4n) is 3.58. The van der Waals surface area contributed by atoms with E-state index in [-0.39, 0.29) is 18.2 Å². The number of aliphatic hydroxyl groups excluding tert-OH is 1. The normalized spacial score (nSPS) is 21.7. The molecule has 0 bridgehead atoms. The minimum absolute atomic E-state index is 0.137. The number of para-hydroxylation sites is 1. The zero-order valence-corrected chi connectivity index (χ0v) is 14.5. The molecule has 1 saturated heterocycles. The molecule has 1 heterocycles. The minimum Gasteiger partial charge on any atom is -0.488 e. The maximum atomic E-state index is 13.5. The monoisotopic (exact) mass is 344 g/mol. The third kappa shape index (κ3) is 5.55. The Balaban J connectivity index is 1.37. The van der Waals surface area contributed by atoms with E-state index in [2.05, 4.69) is 30.3 Å². The summed E-state index contributed by atoms with van der Waals surface area (Å²) in [5.41, 5.74) is 1.41. The molecule has 0 saturated carbocycles. The number of likely N-dealkylation sites (tertiary alicyclic amines) is 1. The molecule has 1 fully saturated rings. The molecule has 0 spiro atoms. The number of piperidine rings is 1. The summed E-state index contributed by atoms with van der Waals surface area (Å²) in [5, 5.41) is 10.2. The molecule has 0 radical (unpaired) electrons. The Hall–Kier alpha value is -1.91. The fraction of sp³-hybridized carbons (Fsp3) is 0.429. The van der Waals surface area contributed by atoms with Crippen LogP contribution in [0.25, 0.3) is 0 Å². The Labute approximate surface area is 149 Å². The first-order chi connectivity index (χ1) is 12.2. The molecule has 1 atom stereocenters. The van der Waals surface area contributed by atoms with Crippen LogP contribution in [-0.4, -0.2) is 37.5 Å². The van der Waals surface area contributed by atoms with Gasteiger partial charge < -0.3 is 14.7 Å². The van der Waals surface area contributed by atoms with E-state index in [4.69, 9.17) is 4.74 Å². The highest BCUT2D eigenvalue weighted by Crippen LogP contribution is 2.17. The van der Waals surface area contributed by atoms with Crippen LogP contribution in [0.15, 0.2) is 54.6 Å². The zero-order chi connectivity index (χ0) is 17.5. The van der Waals surface area contributed by atoms with Gasteiger partial charge in [-0.25, -0.2) is 4.39 Å². The Bertz CT molecular complexity index is 641. The van der Waals surface area contributed by atoms with Crippen LogP contribution in [0.4, 0.5) is 4.39 Å². The van der Waals surface area contributed by atoms with Crippen molar-refractivity contribution in [2.75, 3.05) is 26.2 Å². The van der Waals surface area contributed by atoms with Gasteiger partial charge in [-0.2, -0.15) is 0 Å². The van der Waals surface area contributed by atoms with Crippen LogP contribution in [0.3, 0.4) is 0 Å². The lowest BCUT2D eigenvalue weighted by Crippen LogP contribution is -3.14. The first kappa shape index (κ1) is 17.9. The molecule has 2 aromatic carbocycles. The van der Waals surface area contributed by atoms with Crippen LogP contribution >= 0.6 is 0 Å². The molecule has 4 heteroatoms. The molecule has 3 nitrogen and oxygen atoms in total. The summed E-state index contributed by atoms with van der Waals surface area (Å²) >= 11 is 0. The number of ether oxygens (including phenoxy) is 1. The predicted molar refractivity (Wildman–Crippen MR) is 96.3 cm³/mol. The van der Waals surface area contributed by atoms with Crippen LogP contribution in [0, 0.1) is 11.7 Å². The van der Waals surface area contributed by atoms with Crippen LogP contribution in [0.2, 0.25) is 0 Å². The number of nitrogens with one attached hydrogen (secondary N) is 1. The van der Waals surface area contributed by atoms with E-state index >= 15 is 0 Å². The lowest BCUT2D eigenvalue weighted by atomic mass is 9.90. The highest BCUT2D eigenvalue weighted by Gasteiger charge is 2.24. The molecule has 0 amide bonds. The third-order valence-electron chi connectivity index (χ3n) is 4.97. The average Bonchev–Trinajstić information content (AvgIpc) is 2.64. The van der Waals surface area contributed by atoms with Gasteiger partial charge in [0.2, 0.25) is 0 Å². The lowest BCUT2D eigenvalue weighted by Gasteiger charge is -2.30. The number of hydrogen-bond acceptors (Lipinski definition) is 2. The van der Waals surface area contributed by atoms with Crippen molar-refractivity contribution in [2.45, 2.75) is 25.4 Å². The van der Waals surface area contributed by atoms with Crippen molar-refractivity contribution in [3.8, 4) is 5.75 Å². The van der Waals surface area contributed by atoms with E-state index in [0.29, 0.717) is 6.54 Å². The molecule has 134 valence electrons. The molecular weight excluding hydrogens is 317 g/mol. The van der Waals surface area contributed by atoms with Gasteiger partial charge in [0, 0.05) is 0 Å². The van der Waals surface area contributed by atoms with Crippen LogP contribution in [0.1, 0.15) is 18.4 Å². The number of quaternary nitrogens is 1. The Morgan fingerprint density at radius 2 is 1.72 bits per heavy atom. The molecule has 1 aliphatic rings. The SMILES string of the molecule is O[C@H](COc1ccccc1F)C[NH+]1CCC(Cc2ccccc2)CC1. The van der Waals surface area contributed by atoms with Gasteiger partial charge >= 0.3 is 0 Å². The van der Waals surface area contributed by atoms with Crippen molar-refractivity contribution >= 4 is 0 Å². The summed E-state index contributed by atoms with van der Waals surface area (Å²) in [7, 11) is 0. The quantitative estimate of drug-likeness (QED) is 0.807. The van der Waals surface area contributed by atoms with Gasteiger partial charge in [0.1, 0.15) is 19.3 Å². The topological polar surface area (TPSA) is 33.9 Å². The molecule has 0 aromatic heterocycles. The van der Waals surface area contributed by atoms with Gasteiger partial charge in [0.25, 0.3) is 0 Å². The highest BCUT2D eigenvalue weighted by atomic mass is 19.1. The summed E-state index contributed by atoms with van der Waals surface area (Å²) in [6.45, 7) is 2.95. The van der Waals surface area contributed by atoms with Crippen molar-refractivity contribution in [2.24, 2.45) is 5.92 Å². The first-order valence-corrected chi connectivity index (χ1v) is 9.13. The van der Waals surface area contributed by atoms with Crippen molar-refractivity contribution in [3.63, 3.8) is 0 Å². The van der Waals surface area contributed by atoms with Gasteiger partial charge in [0.05, 0.1) is 13.1 Å². The standard InChI is InChI=1S/C21H26FNO2/c22-20-8-4-5-9-21(20)25-16-19(24)15-23-12-10-18(11-13-23)14-17-6-2-1-3-7-17/h1-9,18-19,24H,10-16H2/p+1/t19-/m0/s1. The Kier molecular flexibility index (Phi) is 6.42. The number of benzene rings is 2. The van der Waals surface area contributed by atoms with Crippen molar-refractivity contribution in [1.82, 2.24) is 0 Å². The summed E-state index contributed by atoms with van der Waals surface area (Å²) in [6.07, 6.45) is 2.95. The smallest absolute Gasteiger partial charge is 0.165 e. The van der Waals surface area contributed by atoms with Crippen molar-refractivity contribution in [3.05, 3.63) is 66.0 Å². The van der Waals surface area contributed by atoms with Crippen LogP contribution in [-0.2, 0) is 6.42 Å². The van der Waals surface area contributed by atoms with E-state index < -0.39 is 6.10 Å². The summed E-state index contributed by atoms with van der Waals surface area (Å²) in [4.78, 5) is 1.41. The minimum atomic E-state index is -0.569. The van der Waals surface area contributed by atoms with E-state index in [9.17, 15) is 9.50 Å². The first-order valence-electron chi connectivity index (χ1n) is 9.13. The summed E-state index contributed by atoms with van der Waals surface area (Å²) in [6, 6.07) is 17.0.